The molecular formula is C21H29F3N4OS. The van der Waals surface area contributed by atoms with Gasteiger partial charge in [-0.15, -0.1) is 11.3 Å². The van der Waals surface area contributed by atoms with E-state index in [1.54, 1.807) is 23.5 Å². The smallest absolute Gasteiger partial charge is 0.367 e. The van der Waals surface area contributed by atoms with Crippen molar-refractivity contribution in [3.05, 3.63) is 57.8 Å². The Hall–Kier alpha value is -2.10. The summed E-state index contributed by atoms with van der Waals surface area (Å²) in [5.74, 6) is 0.721. The predicted octanol–water partition coefficient (Wildman–Crippen LogP) is 4.19. The van der Waals surface area contributed by atoms with Crippen LogP contribution >= 0.6 is 11.3 Å². The molecule has 0 fully saturated rings. The lowest BCUT2D eigenvalue weighted by molar-refractivity contribution is -0.176. The lowest BCUT2D eigenvalue weighted by Gasteiger charge is -2.24. The molecule has 0 radical (unpaired) electrons. The molecule has 0 aliphatic heterocycles. The van der Waals surface area contributed by atoms with Gasteiger partial charge in [-0.25, -0.2) is 4.99 Å². The molecule has 0 amide bonds. The first-order chi connectivity index (χ1) is 14.3. The Bertz CT molecular complexity index is 762. The summed E-state index contributed by atoms with van der Waals surface area (Å²) in [7, 11) is 4.10. The molecule has 9 heteroatoms. The standard InChI is InChI=1S/C21H29F3N4OS/c1-4-25-20(27-13-18(28(2)3)19-6-5-11-30-19)26-12-16-7-9-17(10-8-16)14-29-15-21(22,23)24/h5-11,18H,4,12-15H2,1-3H3,(H2,25,26,27). The van der Waals surface area contributed by atoms with E-state index in [1.807, 2.05) is 25.1 Å². The first-order valence-electron chi connectivity index (χ1n) is 9.73. The van der Waals surface area contributed by atoms with Gasteiger partial charge in [-0.1, -0.05) is 30.3 Å². The van der Waals surface area contributed by atoms with E-state index in [-0.39, 0.29) is 12.6 Å². The Morgan fingerprint density at radius 3 is 2.40 bits per heavy atom. The summed E-state index contributed by atoms with van der Waals surface area (Å²) in [5, 5.41) is 8.71. The molecule has 2 aromatic rings. The highest BCUT2D eigenvalue weighted by molar-refractivity contribution is 7.10. The van der Waals surface area contributed by atoms with Gasteiger partial charge >= 0.3 is 6.18 Å². The number of likely N-dealkylation sites (N-methyl/N-ethyl adjacent to an activating group) is 1. The number of hydrogen-bond acceptors (Lipinski definition) is 4. The SMILES string of the molecule is CCNC(=NCc1ccc(COCC(F)(F)F)cc1)NCC(c1cccs1)N(C)C. The lowest BCUT2D eigenvalue weighted by Crippen LogP contribution is -2.41. The summed E-state index contributed by atoms with van der Waals surface area (Å²) >= 11 is 1.73. The second kappa shape index (κ2) is 11.9. The third-order valence-electron chi connectivity index (χ3n) is 4.28. The van der Waals surface area contributed by atoms with Crippen molar-refractivity contribution in [3.8, 4) is 0 Å². The van der Waals surface area contributed by atoms with Gasteiger partial charge in [0.1, 0.15) is 6.61 Å². The predicted molar refractivity (Wildman–Crippen MR) is 116 cm³/mol. The molecule has 0 saturated carbocycles. The summed E-state index contributed by atoms with van der Waals surface area (Å²) < 4.78 is 41.1. The number of hydrogen-bond donors (Lipinski definition) is 2. The molecule has 1 atom stereocenters. The average molecular weight is 443 g/mol. The van der Waals surface area contributed by atoms with Crippen LogP contribution in [0, 0.1) is 0 Å². The summed E-state index contributed by atoms with van der Waals surface area (Å²) in [6.45, 7) is 2.63. The minimum atomic E-state index is -4.31. The highest BCUT2D eigenvalue weighted by atomic mass is 32.1. The van der Waals surface area contributed by atoms with Gasteiger partial charge in [0.15, 0.2) is 5.96 Å². The molecule has 30 heavy (non-hydrogen) atoms. The van der Waals surface area contributed by atoms with Crippen LogP contribution < -0.4 is 10.6 Å². The van der Waals surface area contributed by atoms with Crippen molar-refractivity contribution in [1.82, 2.24) is 15.5 Å². The number of halogens is 3. The fourth-order valence-electron chi connectivity index (χ4n) is 2.75. The van der Waals surface area contributed by atoms with E-state index in [2.05, 4.69) is 50.8 Å². The van der Waals surface area contributed by atoms with Gasteiger partial charge in [0.05, 0.1) is 19.2 Å². The van der Waals surface area contributed by atoms with E-state index in [4.69, 9.17) is 0 Å². The first-order valence-corrected chi connectivity index (χ1v) is 10.6. The van der Waals surface area contributed by atoms with Crippen molar-refractivity contribution in [3.63, 3.8) is 0 Å². The van der Waals surface area contributed by atoms with E-state index < -0.39 is 12.8 Å². The summed E-state index contributed by atoms with van der Waals surface area (Å²) in [4.78, 5) is 8.07. The van der Waals surface area contributed by atoms with Crippen LogP contribution in [0.5, 0.6) is 0 Å². The number of thiophene rings is 1. The van der Waals surface area contributed by atoms with Crippen LogP contribution in [0.2, 0.25) is 0 Å². The third-order valence-corrected chi connectivity index (χ3v) is 5.25. The van der Waals surface area contributed by atoms with Crippen LogP contribution in [-0.2, 0) is 17.9 Å². The number of ether oxygens (including phenoxy) is 1. The van der Waals surface area contributed by atoms with Crippen LogP contribution in [0.25, 0.3) is 0 Å². The second-order valence-electron chi connectivity index (χ2n) is 7.00. The van der Waals surface area contributed by atoms with Gasteiger partial charge in [0.25, 0.3) is 0 Å². The Morgan fingerprint density at radius 2 is 1.83 bits per heavy atom. The molecule has 0 aliphatic rings. The lowest BCUT2D eigenvalue weighted by atomic mass is 10.1. The Kier molecular flexibility index (Phi) is 9.61. The van der Waals surface area contributed by atoms with Gasteiger partial charge < -0.3 is 20.3 Å². The number of aliphatic imine (C=N–C) groups is 1. The van der Waals surface area contributed by atoms with Crippen LogP contribution in [0.15, 0.2) is 46.8 Å². The van der Waals surface area contributed by atoms with E-state index in [1.165, 1.54) is 4.88 Å². The van der Waals surface area contributed by atoms with Crippen molar-refractivity contribution in [2.24, 2.45) is 4.99 Å². The quantitative estimate of drug-likeness (QED) is 0.428. The van der Waals surface area contributed by atoms with Crippen molar-refractivity contribution < 1.29 is 17.9 Å². The topological polar surface area (TPSA) is 48.9 Å². The minimum Gasteiger partial charge on any atom is -0.367 e. The van der Waals surface area contributed by atoms with Crippen LogP contribution in [0.3, 0.4) is 0 Å². The van der Waals surface area contributed by atoms with Gasteiger partial charge in [-0.05, 0) is 43.6 Å². The third kappa shape index (κ3) is 8.73. The zero-order valence-electron chi connectivity index (χ0n) is 17.5. The summed E-state index contributed by atoms with van der Waals surface area (Å²) in [5.41, 5.74) is 1.66. The minimum absolute atomic E-state index is 0.0676. The van der Waals surface area contributed by atoms with Crippen LogP contribution in [0.4, 0.5) is 13.2 Å². The van der Waals surface area contributed by atoms with Crippen molar-refractivity contribution in [2.75, 3.05) is 33.8 Å². The first kappa shape index (κ1) is 24.2. The molecule has 1 heterocycles. The molecule has 1 aromatic carbocycles. The zero-order valence-corrected chi connectivity index (χ0v) is 18.3. The Balaban J connectivity index is 1.90. The monoisotopic (exact) mass is 442 g/mol. The average Bonchev–Trinajstić information content (AvgIpc) is 3.20. The number of alkyl halides is 3. The molecular weight excluding hydrogens is 413 g/mol. The molecule has 0 aliphatic carbocycles. The highest BCUT2D eigenvalue weighted by Crippen LogP contribution is 2.22. The van der Waals surface area contributed by atoms with Crippen molar-refractivity contribution in [2.45, 2.75) is 32.3 Å². The molecule has 2 rings (SSSR count). The number of nitrogens with zero attached hydrogens (tertiary/aromatic N) is 2. The van der Waals surface area contributed by atoms with E-state index in [9.17, 15) is 13.2 Å². The highest BCUT2D eigenvalue weighted by Gasteiger charge is 2.27. The molecule has 0 bridgehead atoms. The fraction of sp³-hybridized carbons (Fsp3) is 0.476. The Morgan fingerprint density at radius 1 is 1.13 bits per heavy atom. The maximum atomic E-state index is 12.1. The van der Waals surface area contributed by atoms with E-state index >= 15 is 0 Å². The van der Waals surface area contributed by atoms with Gasteiger partial charge in [-0.3, -0.25) is 0 Å². The van der Waals surface area contributed by atoms with E-state index in [0.717, 1.165) is 24.6 Å². The van der Waals surface area contributed by atoms with Gasteiger partial charge in [0.2, 0.25) is 0 Å². The molecule has 0 spiro atoms. The number of rotatable bonds is 10. The van der Waals surface area contributed by atoms with Gasteiger partial charge in [-0.2, -0.15) is 13.2 Å². The fourth-order valence-corrected chi connectivity index (χ4v) is 3.67. The normalized spacial score (nSPS) is 13.5. The number of nitrogens with one attached hydrogen (secondary N) is 2. The second-order valence-corrected chi connectivity index (χ2v) is 7.97. The van der Waals surface area contributed by atoms with Crippen LogP contribution in [-0.4, -0.2) is 50.8 Å². The van der Waals surface area contributed by atoms with Crippen LogP contribution in [0.1, 0.15) is 29.0 Å². The molecule has 166 valence electrons. The maximum Gasteiger partial charge on any atom is 0.411 e. The van der Waals surface area contributed by atoms with E-state index in [0.29, 0.717) is 12.1 Å². The zero-order chi connectivity index (χ0) is 22.0. The molecule has 1 unspecified atom stereocenters. The molecule has 0 saturated heterocycles. The van der Waals surface area contributed by atoms with Crippen molar-refractivity contribution >= 4 is 17.3 Å². The number of guanidine groups is 1. The number of benzene rings is 1. The summed E-state index contributed by atoms with van der Waals surface area (Å²) in [6, 6.07) is 11.7. The Labute approximate surface area is 180 Å². The summed E-state index contributed by atoms with van der Waals surface area (Å²) in [6.07, 6.45) is -4.31. The largest absolute Gasteiger partial charge is 0.411 e. The van der Waals surface area contributed by atoms with Crippen molar-refractivity contribution in [1.29, 1.82) is 0 Å². The van der Waals surface area contributed by atoms with Gasteiger partial charge in [0, 0.05) is 18.0 Å². The molecule has 5 nitrogen and oxygen atoms in total. The maximum absolute atomic E-state index is 12.1. The molecule has 2 N–H and O–H groups in total. The molecule has 1 aromatic heterocycles.